The lowest BCUT2D eigenvalue weighted by Gasteiger charge is -2.10. The van der Waals surface area contributed by atoms with Crippen molar-refractivity contribution < 1.29 is 4.79 Å². The number of H-pyrrole nitrogens is 1. The number of nitrogens with zero attached hydrogens (tertiary/aromatic N) is 4. The smallest absolute Gasteiger partial charge is 0.261 e. The van der Waals surface area contributed by atoms with Crippen LogP contribution in [0.25, 0.3) is 11.0 Å². The third-order valence-corrected chi connectivity index (χ3v) is 3.56. The van der Waals surface area contributed by atoms with Gasteiger partial charge in [-0.05, 0) is 32.3 Å². The van der Waals surface area contributed by atoms with Gasteiger partial charge in [0.1, 0.15) is 5.56 Å². The van der Waals surface area contributed by atoms with Gasteiger partial charge in [-0.2, -0.15) is 5.10 Å². The molecule has 3 rings (SSSR count). The van der Waals surface area contributed by atoms with Crippen molar-refractivity contribution in [2.75, 3.05) is 19.4 Å². The average Bonchev–Trinajstić information content (AvgIpc) is 2.86. The highest BCUT2D eigenvalue weighted by Gasteiger charge is 2.14. The molecule has 0 aliphatic rings. The molecule has 0 radical (unpaired) electrons. The molecule has 1 amide bonds. The Hall–Kier alpha value is -3.00. The Morgan fingerprint density at radius 3 is 2.92 bits per heavy atom. The maximum absolute atomic E-state index is 12.5. The van der Waals surface area contributed by atoms with Crippen LogP contribution in [0, 0.1) is 0 Å². The zero-order valence-electron chi connectivity index (χ0n) is 13.7. The van der Waals surface area contributed by atoms with Crippen molar-refractivity contribution in [1.82, 2.24) is 24.6 Å². The third kappa shape index (κ3) is 3.18. The lowest BCUT2D eigenvalue weighted by atomic mass is 10.2. The molecule has 0 saturated carbocycles. The minimum absolute atomic E-state index is 0.0390. The van der Waals surface area contributed by atoms with Crippen LogP contribution in [0.15, 0.2) is 35.4 Å². The number of hydrogen-bond donors (Lipinski definition) is 2. The summed E-state index contributed by atoms with van der Waals surface area (Å²) in [5, 5.41) is 6.80. The van der Waals surface area contributed by atoms with Crippen LogP contribution < -0.4 is 10.9 Å². The number of pyridine rings is 2. The summed E-state index contributed by atoms with van der Waals surface area (Å²) in [7, 11) is 5.63. The molecular weight excluding hydrogens is 308 g/mol. The zero-order valence-corrected chi connectivity index (χ0v) is 13.7. The molecule has 0 aliphatic carbocycles. The van der Waals surface area contributed by atoms with Gasteiger partial charge in [-0.15, -0.1) is 0 Å². The van der Waals surface area contributed by atoms with E-state index in [2.05, 4.69) is 20.4 Å². The Morgan fingerprint density at radius 2 is 2.17 bits per heavy atom. The molecule has 3 aromatic heterocycles. The van der Waals surface area contributed by atoms with Gasteiger partial charge in [-0.1, -0.05) is 0 Å². The number of rotatable bonds is 4. The largest absolute Gasteiger partial charge is 0.322 e. The summed E-state index contributed by atoms with van der Waals surface area (Å²) in [4.78, 5) is 33.5. The van der Waals surface area contributed by atoms with Crippen molar-refractivity contribution in [3.63, 3.8) is 0 Å². The van der Waals surface area contributed by atoms with Crippen LogP contribution in [0.2, 0.25) is 0 Å². The molecular formula is C16H18N6O2. The molecule has 2 N–H and O–H groups in total. The molecule has 0 atom stereocenters. The highest BCUT2D eigenvalue weighted by atomic mass is 16.2. The molecule has 0 aromatic carbocycles. The Balaban J connectivity index is 1.88. The second kappa shape index (κ2) is 6.25. The summed E-state index contributed by atoms with van der Waals surface area (Å²) >= 11 is 0. The summed E-state index contributed by atoms with van der Waals surface area (Å²) < 4.78 is 1.60. The predicted molar refractivity (Wildman–Crippen MR) is 90.9 cm³/mol. The number of anilines is 1. The first kappa shape index (κ1) is 15.9. The molecule has 3 heterocycles. The van der Waals surface area contributed by atoms with Crippen molar-refractivity contribution in [1.29, 1.82) is 0 Å². The van der Waals surface area contributed by atoms with Gasteiger partial charge in [-0.3, -0.25) is 19.3 Å². The highest BCUT2D eigenvalue weighted by Crippen LogP contribution is 2.13. The summed E-state index contributed by atoms with van der Waals surface area (Å²) in [5.74, 6) is -0.471. The van der Waals surface area contributed by atoms with Crippen LogP contribution in [-0.2, 0) is 13.6 Å². The first-order valence-corrected chi connectivity index (χ1v) is 7.40. The van der Waals surface area contributed by atoms with E-state index in [1.807, 2.05) is 19.0 Å². The highest BCUT2D eigenvalue weighted by molar-refractivity contribution is 6.05. The second-order valence-electron chi connectivity index (χ2n) is 5.81. The zero-order chi connectivity index (χ0) is 17.3. The monoisotopic (exact) mass is 326 g/mol. The van der Waals surface area contributed by atoms with Gasteiger partial charge in [0, 0.05) is 25.5 Å². The summed E-state index contributed by atoms with van der Waals surface area (Å²) in [5.41, 5.74) is 2.29. The molecule has 8 nitrogen and oxygen atoms in total. The van der Waals surface area contributed by atoms with Crippen LogP contribution in [0.4, 0.5) is 5.69 Å². The molecule has 24 heavy (non-hydrogen) atoms. The summed E-state index contributed by atoms with van der Waals surface area (Å²) in [6.07, 6.45) is 3.18. The lowest BCUT2D eigenvalue weighted by molar-refractivity contribution is 0.102. The fraction of sp³-hybridized carbons (Fsp3) is 0.250. The number of aryl methyl sites for hydroxylation is 1. The topological polar surface area (TPSA) is 95.9 Å². The molecule has 8 heteroatoms. The third-order valence-electron chi connectivity index (χ3n) is 3.56. The van der Waals surface area contributed by atoms with E-state index >= 15 is 0 Å². The van der Waals surface area contributed by atoms with Gasteiger partial charge < -0.3 is 15.2 Å². The van der Waals surface area contributed by atoms with Crippen LogP contribution >= 0.6 is 0 Å². The number of aromatic amines is 1. The number of aromatic nitrogens is 4. The first-order valence-electron chi connectivity index (χ1n) is 7.40. The van der Waals surface area contributed by atoms with Crippen molar-refractivity contribution >= 4 is 22.6 Å². The molecule has 0 unspecified atom stereocenters. The van der Waals surface area contributed by atoms with E-state index in [1.165, 1.54) is 0 Å². The fourth-order valence-electron chi connectivity index (χ4n) is 2.44. The van der Waals surface area contributed by atoms with E-state index in [0.29, 0.717) is 23.3 Å². The predicted octanol–water partition coefficient (Wildman–Crippen LogP) is 0.970. The minimum Gasteiger partial charge on any atom is -0.322 e. The molecule has 0 fully saturated rings. The Bertz CT molecular complexity index is 957. The van der Waals surface area contributed by atoms with Crippen molar-refractivity contribution in [3.05, 3.63) is 52.2 Å². The minimum atomic E-state index is -0.471. The molecule has 124 valence electrons. The maximum atomic E-state index is 12.5. The van der Waals surface area contributed by atoms with Crippen LogP contribution in [-0.4, -0.2) is 44.7 Å². The Labute approximate surface area is 138 Å². The van der Waals surface area contributed by atoms with Crippen LogP contribution in [0.1, 0.15) is 16.1 Å². The fourth-order valence-corrected chi connectivity index (χ4v) is 2.44. The van der Waals surface area contributed by atoms with E-state index in [9.17, 15) is 9.59 Å². The molecule has 0 spiro atoms. The van der Waals surface area contributed by atoms with Crippen LogP contribution in [0.3, 0.4) is 0 Å². The standard InChI is InChI=1S/C16H18N6O2/c1-21(2)9-11-6-10(4-5-17-11)19-15(23)12-7-14-13(20-16(12)24)8-18-22(14)3/h4-8H,9H2,1-3H3,(H,20,24)(H,17,19,23). The van der Waals surface area contributed by atoms with Gasteiger partial charge in [-0.25, -0.2) is 0 Å². The number of nitrogens with one attached hydrogen (secondary N) is 2. The number of carbonyl (C=O) groups is 1. The van der Waals surface area contributed by atoms with Crippen LogP contribution in [0.5, 0.6) is 0 Å². The van der Waals surface area contributed by atoms with E-state index in [-0.39, 0.29) is 5.56 Å². The second-order valence-corrected chi connectivity index (χ2v) is 5.81. The molecule has 0 aliphatic heterocycles. The van der Waals surface area contributed by atoms with Gasteiger partial charge in [0.05, 0.1) is 22.9 Å². The van der Waals surface area contributed by atoms with Gasteiger partial charge in [0.2, 0.25) is 0 Å². The normalized spacial score (nSPS) is 11.2. The van der Waals surface area contributed by atoms with E-state index in [0.717, 1.165) is 5.69 Å². The Kier molecular flexibility index (Phi) is 4.13. The summed E-state index contributed by atoms with van der Waals surface area (Å²) in [6, 6.07) is 5.01. The van der Waals surface area contributed by atoms with Crippen molar-refractivity contribution in [2.45, 2.75) is 6.54 Å². The van der Waals surface area contributed by atoms with E-state index < -0.39 is 11.5 Å². The number of fused-ring (bicyclic) bond motifs is 1. The summed E-state index contributed by atoms with van der Waals surface area (Å²) in [6.45, 7) is 0.658. The van der Waals surface area contributed by atoms with Gasteiger partial charge >= 0.3 is 0 Å². The Morgan fingerprint density at radius 1 is 1.38 bits per heavy atom. The van der Waals surface area contributed by atoms with Crippen molar-refractivity contribution in [3.8, 4) is 0 Å². The number of amides is 1. The van der Waals surface area contributed by atoms with Crippen molar-refractivity contribution in [2.24, 2.45) is 7.05 Å². The average molecular weight is 326 g/mol. The number of hydrogen-bond acceptors (Lipinski definition) is 5. The molecule has 3 aromatic rings. The van der Waals surface area contributed by atoms with E-state index in [4.69, 9.17) is 0 Å². The maximum Gasteiger partial charge on any atom is 0.261 e. The number of carbonyl (C=O) groups excluding carboxylic acids is 1. The first-order chi connectivity index (χ1) is 11.4. The SMILES string of the molecule is CN(C)Cc1cc(NC(=O)c2cc3c(cnn3C)[nH]c2=O)ccn1. The quantitative estimate of drug-likeness (QED) is 0.745. The van der Waals surface area contributed by atoms with E-state index in [1.54, 1.807) is 42.3 Å². The van der Waals surface area contributed by atoms with Gasteiger partial charge in [0.15, 0.2) is 0 Å². The molecule has 0 saturated heterocycles. The lowest BCUT2D eigenvalue weighted by Crippen LogP contribution is -2.23. The van der Waals surface area contributed by atoms with Gasteiger partial charge in [0.25, 0.3) is 11.5 Å². The molecule has 0 bridgehead atoms.